The number of carbonyl (C=O) groups is 2. The van der Waals surface area contributed by atoms with E-state index < -0.39 is 23.7 Å². The highest BCUT2D eigenvalue weighted by molar-refractivity contribution is 8.77. The van der Waals surface area contributed by atoms with Crippen LogP contribution in [0.3, 0.4) is 0 Å². The van der Waals surface area contributed by atoms with Gasteiger partial charge in [-0.3, -0.25) is 0 Å². The topological polar surface area (TPSA) is 94.1 Å². The minimum absolute atomic E-state index is 0.0123. The number of hydrogen-bond donors (Lipinski definition) is 2. The fraction of sp³-hybridized carbons (Fsp3) is 0.579. The average Bonchev–Trinajstić information content (AvgIpc) is 2.58. The maximum absolute atomic E-state index is 12.3. The fourth-order valence-corrected chi connectivity index (χ4v) is 4.53. The zero-order chi connectivity index (χ0) is 21.5. The van der Waals surface area contributed by atoms with Crippen molar-refractivity contribution in [3.05, 3.63) is 23.8 Å². The van der Waals surface area contributed by atoms with E-state index in [1.807, 2.05) is 20.8 Å². The number of alkyl carbamates (subject to hydrolysis) is 1. The van der Waals surface area contributed by atoms with Crippen molar-refractivity contribution in [3.8, 4) is 11.5 Å². The molecule has 158 valence electrons. The van der Waals surface area contributed by atoms with Crippen molar-refractivity contribution in [1.29, 1.82) is 0 Å². The van der Waals surface area contributed by atoms with Gasteiger partial charge in [0.15, 0.2) is 0 Å². The lowest BCUT2D eigenvalue weighted by Gasteiger charge is -2.27. The summed E-state index contributed by atoms with van der Waals surface area (Å²) >= 11 is 0. The quantitative estimate of drug-likeness (QED) is 0.559. The summed E-state index contributed by atoms with van der Waals surface area (Å²) in [5.74, 6) is 0.232. The van der Waals surface area contributed by atoms with E-state index in [4.69, 9.17) is 14.2 Å². The number of methoxy groups -OCH3 is 2. The molecule has 1 aromatic rings. The second-order valence-corrected chi connectivity index (χ2v) is 10.7. The van der Waals surface area contributed by atoms with Crippen molar-refractivity contribution in [2.24, 2.45) is 0 Å². The van der Waals surface area contributed by atoms with Gasteiger partial charge in [0.1, 0.15) is 23.1 Å². The number of carboxylic acid groups (broad SMARTS) is 1. The maximum Gasteiger partial charge on any atom is 0.408 e. The maximum atomic E-state index is 12.3. The SMILES string of the molecule is COc1cc(OC)cc(C(C)(C)OC(=O)N[C@@H](CSSC(C)(C)C)C(=O)O)c1. The van der Waals surface area contributed by atoms with E-state index in [0.29, 0.717) is 17.1 Å². The van der Waals surface area contributed by atoms with Crippen molar-refractivity contribution < 1.29 is 28.9 Å². The molecule has 0 saturated carbocycles. The molecular formula is C19H29NO6S2. The Labute approximate surface area is 174 Å². The van der Waals surface area contributed by atoms with Crippen LogP contribution < -0.4 is 14.8 Å². The Bertz CT molecular complexity index is 665. The lowest BCUT2D eigenvalue weighted by molar-refractivity contribution is -0.138. The Kier molecular flexibility index (Phi) is 8.81. The molecule has 0 unspecified atom stereocenters. The number of amides is 1. The average molecular weight is 432 g/mol. The number of aliphatic carboxylic acids is 1. The first-order valence-corrected chi connectivity index (χ1v) is 11.0. The van der Waals surface area contributed by atoms with Crippen molar-refractivity contribution in [2.45, 2.75) is 51.0 Å². The van der Waals surface area contributed by atoms with Crippen LogP contribution in [0.4, 0.5) is 4.79 Å². The highest BCUT2D eigenvalue weighted by atomic mass is 33.1. The lowest BCUT2D eigenvalue weighted by atomic mass is 9.97. The molecular weight excluding hydrogens is 402 g/mol. The summed E-state index contributed by atoms with van der Waals surface area (Å²) in [5, 5.41) is 11.8. The van der Waals surface area contributed by atoms with E-state index in [-0.39, 0.29) is 10.5 Å². The zero-order valence-corrected chi connectivity index (χ0v) is 19.0. The van der Waals surface area contributed by atoms with Crippen LogP contribution in [0.15, 0.2) is 18.2 Å². The number of hydrogen-bond acceptors (Lipinski definition) is 7. The molecule has 9 heteroatoms. The van der Waals surface area contributed by atoms with Gasteiger partial charge in [0.25, 0.3) is 0 Å². The third-order valence-corrected chi connectivity index (χ3v) is 6.88. The minimum atomic E-state index is -1.11. The molecule has 2 N–H and O–H groups in total. The van der Waals surface area contributed by atoms with Crippen LogP contribution in [-0.2, 0) is 15.1 Å². The van der Waals surface area contributed by atoms with Crippen LogP contribution in [-0.4, -0.2) is 47.9 Å². The highest BCUT2D eigenvalue weighted by Crippen LogP contribution is 2.35. The lowest BCUT2D eigenvalue weighted by Crippen LogP contribution is -2.44. The third-order valence-electron chi connectivity index (χ3n) is 3.53. The summed E-state index contributed by atoms with van der Waals surface area (Å²) in [6.45, 7) is 9.52. The first-order valence-electron chi connectivity index (χ1n) is 8.64. The summed E-state index contributed by atoms with van der Waals surface area (Å²) in [6, 6.07) is 4.13. The van der Waals surface area contributed by atoms with Crippen molar-refractivity contribution in [3.63, 3.8) is 0 Å². The second-order valence-electron chi connectivity index (χ2n) is 7.52. The molecule has 0 aliphatic carbocycles. The summed E-state index contributed by atoms with van der Waals surface area (Å²) in [5.41, 5.74) is -0.370. The highest BCUT2D eigenvalue weighted by Gasteiger charge is 2.29. The predicted octanol–water partition coefficient (Wildman–Crippen LogP) is 4.30. The summed E-state index contributed by atoms with van der Waals surface area (Å²) < 4.78 is 16.0. The van der Waals surface area contributed by atoms with Crippen LogP contribution in [0.25, 0.3) is 0 Å². The Balaban J connectivity index is 2.81. The Hall–Kier alpha value is -1.74. The first-order chi connectivity index (χ1) is 12.9. The van der Waals surface area contributed by atoms with Gasteiger partial charge in [-0.1, -0.05) is 42.4 Å². The number of ether oxygens (including phenoxy) is 3. The first kappa shape index (κ1) is 24.3. The van der Waals surface area contributed by atoms with Gasteiger partial charge in [-0.2, -0.15) is 0 Å². The van der Waals surface area contributed by atoms with E-state index in [9.17, 15) is 14.7 Å². The largest absolute Gasteiger partial charge is 0.497 e. The molecule has 0 aromatic heterocycles. The van der Waals surface area contributed by atoms with Crippen LogP contribution >= 0.6 is 21.6 Å². The molecule has 0 spiro atoms. The molecule has 0 radical (unpaired) electrons. The summed E-state index contributed by atoms with van der Waals surface area (Å²) in [7, 11) is 6.02. The van der Waals surface area contributed by atoms with Crippen LogP contribution in [0.5, 0.6) is 11.5 Å². The van der Waals surface area contributed by atoms with E-state index in [0.717, 1.165) is 0 Å². The summed E-state index contributed by atoms with van der Waals surface area (Å²) in [6.07, 6.45) is -0.805. The standard InChI is InChI=1S/C19H29NO6S2/c1-18(2,3)28-27-11-15(16(21)22)20-17(23)26-19(4,5)12-8-13(24-6)10-14(9-12)25-7/h8-10,15H,11H2,1-7H3,(H,20,23)(H,21,22)/t15-/m0/s1. The number of carboxylic acids is 1. The molecule has 7 nitrogen and oxygen atoms in total. The smallest absolute Gasteiger partial charge is 0.408 e. The second kappa shape index (κ2) is 10.2. The molecule has 0 aliphatic heterocycles. The van der Waals surface area contributed by atoms with Gasteiger partial charge < -0.3 is 24.6 Å². The molecule has 28 heavy (non-hydrogen) atoms. The van der Waals surface area contributed by atoms with E-state index in [1.54, 1.807) is 42.8 Å². The number of rotatable bonds is 9. The monoisotopic (exact) mass is 431 g/mol. The minimum Gasteiger partial charge on any atom is -0.497 e. The van der Waals surface area contributed by atoms with Gasteiger partial charge in [-0.15, -0.1) is 0 Å². The molecule has 0 aliphatic rings. The fourth-order valence-electron chi connectivity index (χ4n) is 2.07. The summed E-state index contributed by atoms with van der Waals surface area (Å²) in [4.78, 5) is 23.8. The zero-order valence-electron chi connectivity index (χ0n) is 17.3. The molecule has 0 heterocycles. The number of benzene rings is 1. The van der Waals surface area contributed by atoms with E-state index >= 15 is 0 Å². The van der Waals surface area contributed by atoms with Gasteiger partial charge in [0.2, 0.25) is 0 Å². The third kappa shape index (κ3) is 8.10. The van der Waals surface area contributed by atoms with Gasteiger partial charge in [0.05, 0.1) is 14.2 Å². The number of carbonyl (C=O) groups excluding carboxylic acids is 1. The van der Waals surface area contributed by atoms with Crippen molar-refractivity contribution >= 4 is 33.7 Å². The van der Waals surface area contributed by atoms with Crippen LogP contribution in [0.2, 0.25) is 0 Å². The molecule has 1 amide bonds. The molecule has 0 saturated heterocycles. The predicted molar refractivity (Wildman–Crippen MR) is 113 cm³/mol. The Morgan fingerprint density at radius 3 is 2.04 bits per heavy atom. The van der Waals surface area contributed by atoms with Crippen molar-refractivity contribution in [2.75, 3.05) is 20.0 Å². The van der Waals surface area contributed by atoms with Crippen molar-refractivity contribution in [1.82, 2.24) is 5.32 Å². The molecule has 0 bridgehead atoms. The molecule has 1 aromatic carbocycles. The van der Waals surface area contributed by atoms with Gasteiger partial charge in [0, 0.05) is 22.1 Å². The Morgan fingerprint density at radius 1 is 1.07 bits per heavy atom. The van der Waals surface area contributed by atoms with E-state index in [1.165, 1.54) is 25.0 Å². The van der Waals surface area contributed by atoms with E-state index in [2.05, 4.69) is 5.32 Å². The van der Waals surface area contributed by atoms with Crippen LogP contribution in [0.1, 0.15) is 40.2 Å². The molecule has 0 fully saturated rings. The molecule has 1 atom stereocenters. The number of nitrogens with one attached hydrogen (secondary N) is 1. The van der Waals surface area contributed by atoms with Gasteiger partial charge in [-0.05, 0) is 26.0 Å². The Morgan fingerprint density at radius 2 is 1.61 bits per heavy atom. The normalized spacial score (nSPS) is 12.8. The van der Waals surface area contributed by atoms with Gasteiger partial charge >= 0.3 is 12.1 Å². The molecule has 1 rings (SSSR count). The van der Waals surface area contributed by atoms with Crippen LogP contribution in [0, 0.1) is 0 Å². The van der Waals surface area contributed by atoms with Gasteiger partial charge in [-0.25, -0.2) is 9.59 Å².